The van der Waals surface area contributed by atoms with E-state index in [1.807, 2.05) is 31.2 Å². The summed E-state index contributed by atoms with van der Waals surface area (Å²) in [6.07, 6.45) is 0.982. The molecule has 0 unspecified atom stereocenters. The van der Waals surface area contributed by atoms with Crippen molar-refractivity contribution in [1.29, 1.82) is 0 Å². The number of aromatic nitrogens is 3. The van der Waals surface area contributed by atoms with Crippen molar-refractivity contribution in [1.82, 2.24) is 15.0 Å². The van der Waals surface area contributed by atoms with Crippen molar-refractivity contribution < 1.29 is 14.3 Å². The number of anilines is 1. The predicted molar refractivity (Wildman–Crippen MR) is 120 cm³/mol. The standard InChI is InChI=1S/C24H24N4O3/c1-5-16-6-8-18(9-7-16)28-26-22-10-15(2)21(14-23(22)27-28)25-24(29)17-11-19(30-3)13-20(12-17)31-4/h6-14H,5H2,1-4H3,(H,25,29). The van der Waals surface area contributed by atoms with Gasteiger partial charge in [-0.05, 0) is 60.9 Å². The van der Waals surface area contributed by atoms with Crippen LogP contribution in [0, 0.1) is 6.92 Å². The summed E-state index contributed by atoms with van der Waals surface area (Å²) in [5.74, 6) is 0.838. The van der Waals surface area contributed by atoms with Crippen LogP contribution in [0.4, 0.5) is 5.69 Å². The summed E-state index contributed by atoms with van der Waals surface area (Å²) in [5.41, 5.74) is 5.62. The van der Waals surface area contributed by atoms with E-state index in [0.717, 1.165) is 23.2 Å². The van der Waals surface area contributed by atoms with E-state index in [2.05, 4.69) is 34.6 Å². The predicted octanol–water partition coefficient (Wildman–Crippen LogP) is 4.56. The molecule has 1 aromatic heterocycles. The Hall–Kier alpha value is -3.87. The molecule has 0 fully saturated rings. The highest BCUT2D eigenvalue weighted by atomic mass is 16.5. The van der Waals surface area contributed by atoms with Crippen molar-refractivity contribution in [2.75, 3.05) is 19.5 Å². The molecule has 7 nitrogen and oxygen atoms in total. The molecule has 1 heterocycles. The molecule has 31 heavy (non-hydrogen) atoms. The second kappa shape index (κ2) is 8.47. The minimum atomic E-state index is -0.262. The van der Waals surface area contributed by atoms with Crippen LogP contribution in [0.3, 0.4) is 0 Å². The molecule has 4 rings (SSSR count). The van der Waals surface area contributed by atoms with Crippen LogP contribution in [-0.4, -0.2) is 35.1 Å². The van der Waals surface area contributed by atoms with Crippen molar-refractivity contribution >= 4 is 22.6 Å². The number of ether oxygens (including phenoxy) is 2. The maximum Gasteiger partial charge on any atom is 0.255 e. The van der Waals surface area contributed by atoms with Gasteiger partial charge < -0.3 is 14.8 Å². The van der Waals surface area contributed by atoms with Gasteiger partial charge in [0, 0.05) is 17.3 Å². The second-order valence-electron chi connectivity index (χ2n) is 7.22. The van der Waals surface area contributed by atoms with Crippen LogP contribution in [0.15, 0.2) is 54.6 Å². The Bertz CT molecular complexity index is 1220. The first-order valence-electron chi connectivity index (χ1n) is 10.0. The van der Waals surface area contributed by atoms with E-state index < -0.39 is 0 Å². The minimum absolute atomic E-state index is 0.262. The summed E-state index contributed by atoms with van der Waals surface area (Å²) >= 11 is 0. The lowest BCUT2D eigenvalue weighted by Crippen LogP contribution is -2.13. The lowest BCUT2D eigenvalue weighted by molar-refractivity contribution is 0.102. The van der Waals surface area contributed by atoms with Crippen LogP contribution in [0.2, 0.25) is 0 Å². The van der Waals surface area contributed by atoms with Crippen LogP contribution < -0.4 is 14.8 Å². The molecule has 0 atom stereocenters. The zero-order valence-corrected chi connectivity index (χ0v) is 18.0. The lowest BCUT2D eigenvalue weighted by Gasteiger charge is -2.11. The van der Waals surface area contributed by atoms with Crippen molar-refractivity contribution in [3.8, 4) is 17.2 Å². The van der Waals surface area contributed by atoms with E-state index >= 15 is 0 Å². The number of carbonyl (C=O) groups is 1. The molecule has 0 aliphatic carbocycles. The van der Waals surface area contributed by atoms with Crippen molar-refractivity contribution in [3.05, 3.63) is 71.3 Å². The third kappa shape index (κ3) is 4.21. The third-order valence-electron chi connectivity index (χ3n) is 5.16. The molecular formula is C24H24N4O3. The molecule has 1 N–H and O–H groups in total. The lowest BCUT2D eigenvalue weighted by atomic mass is 10.1. The molecule has 0 bridgehead atoms. The first kappa shape index (κ1) is 20.4. The first-order chi connectivity index (χ1) is 15.0. The van der Waals surface area contributed by atoms with Gasteiger partial charge in [-0.15, -0.1) is 10.2 Å². The zero-order valence-electron chi connectivity index (χ0n) is 18.0. The smallest absolute Gasteiger partial charge is 0.255 e. The number of benzene rings is 3. The molecule has 0 saturated carbocycles. The van der Waals surface area contributed by atoms with Crippen molar-refractivity contribution in [3.63, 3.8) is 0 Å². The van der Waals surface area contributed by atoms with Crippen LogP contribution in [0.1, 0.15) is 28.4 Å². The number of nitrogens with zero attached hydrogens (tertiary/aromatic N) is 3. The van der Waals surface area contributed by atoms with Crippen molar-refractivity contribution in [2.24, 2.45) is 0 Å². The Kier molecular flexibility index (Phi) is 5.58. The molecule has 0 radical (unpaired) electrons. The Morgan fingerprint density at radius 1 is 0.935 bits per heavy atom. The number of fused-ring (bicyclic) bond motifs is 1. The van der Waals surface area contributed by atoms with E-state index in [1.165, 1.54) is 5.56 Å². The molecule has 1 amide bonds. The highest BCUT2D eigenvalue weighted by molar-refractivity contribution is 6.06. The van der Waals surface area contributed by atoms with Gasteiger partial charge in [-0.1, -0.05) is 19.1 Å². The van der Waals surface area contributed by atoms with Gasteiger partial charge in [-0.2, -0.15) is 4.80 Å². The summed E-state index contributed by atoms with van der Waals surface area (Å²) in [4.78, 5) is 14.5. The number of hydrogen-bond acceptors (Lipinski definition) is 5. The number of rotatable bonds is 6. The van der Waals surface area contributed by atoms with Crippen LogP contribution >= 0.6 is 0 Å². The SMILES string of the molecule is CCc1ccc(-n2nc3cc(C)c(NC(=O)c4cc(OC)cc(OC)c4)cc3n2)cc1. The van der Waals surface area contributed by atoms with E-state index in [0.29, 0.717) is 28.3 Å². The average molecular weight is 416 g/mol. The van der Waals surface area contributed by atoms with Crippen LogP contribution in [0.5, 0.6) is 11.5 Å². The normalized spacial score (nSPS) is 10.8. The van der Waals surface area contributed by atoms with Crippen molar-refractivity contribution in [2.45, 2.75) is 20.3 Å². The number of aryl methyl sites for hydroxylation is 2. The van der Waals surface area contributed by atoms with E-state index in [1.54, 1.807) is 37.2 Å². The van der Waals surface area contributed by atoms with E-state index in [4.69, 9.17) is 9.47 Å². The van der Waals surface area contributed by atoms with Gasteiger partial charge in [0.05, 0.1) is 19.9 Å². The third-order valence-corrected chi connectivity index (χ3v) is 5.16. The van der Waals surface area contributed by atoms with Gasteiger partial charge in [0.25, 0.3) is 5.91 Å². The average Bonchev–Trinajstić information content (AvgIpc) is 3.21. The Labute approximate surface area is 180 Å². The molecule has 0 saturated heterocycles. The largest absolute Gasteiger partial charge is 0.497 e. The number of hydrogen-bond donors (Lipinski definition) is 1. The first-order valence-corrected chi connectivity index (χ1v) is 10.0. The number of methoxy groups -OCH3 is 2. The summed E-state index contributed by atoms with van der Waals surface area (Å²) < 4.78 is 10.5. The van der Waals surface area contributed by atoms with Gasteiger partial charge in [0.1, 0.15) is 22.5 Å². The fourth-order valence-electron chi connectivity index (χ4n) is 3.32. The highest BCUT2D eigenvalue weighted by Crippen LogP contribution is 2.26. The molecule has 4 aromatic rings. The number of nitrogens with one attached hydrogen (secondary N) is 1. The van der Waals surface area contributed by atoms with Gasteiger partial charge in [-0.3, -0.25) is 4.79 Å². The number of carbonyl (C=O) groups excluding carboxylic acids is 1. The maximum absolute atomic E-state index is 12.9. The van der Waals surface area contributed by atoms with Gasteiger partial charge in [0.2, 0.25) is 0 Å². The fraction of sp³-hybridized carbons (Fsp3) is 0.208. The quantitative estimate of drug-likeness (QED) is 0.498. The monoisotopic (exact) mass is 416 g/mol. The molecule has 0 aliphatic rings. The van der Waals surface area contributed by atoms with Gasteiger partial charge >= 0.3 is 0 Å². The molecule has 3 aromatic carbocycles. The summed E-state index contributed by atoms with van der Waals surface area (Å²) in [6.45, 7) is 4.05. The molecule has 0 spiro atoms. The topological polar surface area (TPSA) is 78.3 Å². The summed E-state index contributed by atoms with van der Waals surface area (Å²) in [7, 11) is 3.10. The zero-order chi connectivity index (χ0) is 22.0. The summed E-state index contributed by atoms with van der Waals surface area (Å²) in [6, 6.07) is 17.0. The molecule has 158 valence electrons. The Morgan fingerprint density at radius 2 is 1.55 bits per heavy atom. The number of amides is 1. The summed E-state index contributed by atoms with van der Waals surface area (Å²) in [5, 5.41) is 12.1. The maximum atomic E-state index is 12.9. The Morgan fingerprint density at radius 3 is 2.13 bits per heavy atom. The molecular weight excluding hydrogens is 392 g/mol. The highest BCUT2D eigenvalue weighted by Gasteiger charge is 2.14. The van der Waals surface area contributed by atoms with Gasteiger partial charge in [-0.25, -0.2) is 0 Å². The van der Waals surface area contributed by atoms with E-state index in [9.17, 15) is 4.79 Å². The van der Waals surface area contributed by atoms with Crippen LogP contribution in [-0.2, 0) is 6.42 Å². The molecule has 0 aliphatic heterocycles. The minimum Gasteiger partial charge on any atom is -0.497 e. The Balaban J connectivity index is 1.63. The van der Waals surface area contributed by atoms with Gasteiger partial charge in [0.15, 0.2) is 0 Å². The molecule has 7 heteroatoms. The van der Waals surface area contributed by atoms with E-state index in [-0.39, 0.29) is 5.91 Å². The van der Waals surface area contributed by atoms with Crippen LogP contribution in [0.25, 0.3) is 16.7 Å². The fourth-order valence-corrected chi connectivity index (χ4v) is 3.32. The second-order valence-corrected chi connectivity index (χ2v) is 7.22.